The minimum Gasteiger partial charge on any atom is -0.342 e. The van der Waals surface area contributed by atoms with Crippen molar-refractivity contribution in [3.05, 3.63) is 116 Å². The lowest BCUT2D eigenvalue weighted by Gasteiger charge is -2.33. The number of anilines is 1. The number of carbonyl (C=O) groups excluding carboxylic acids is 1. The largest absolute Gasteiger partial charge is 0.342 e. The van der Waals surface area contributed by atoms with Gasteiger partial charge in [0.15, 0.2) is 0 Å². The van der Waals surface area contributed by atoms with Crippen LogP contribution in [-0.2, 0) is 19.4 Å². The highest BCUT2D eigenvalue weighted by molar-refractivity contribution is 7.16. The molecule has 0 fully saturated rings. The first-order valence-corrected chi connectivity index (χ1v) is 15.8. The van der Waals surface area contributed by atoms with Gasteiger partial charge in [-0.2, -0.15) is 0 Å². The number of aliphatic imine (C=N–C) groups is 1. The van der Waals surface area contributed by atoms with Gasteiger partial charge in [0.2, 0.25) is 0 Å². The summed E-state index contributed by atoms with van der Waals surface area (Å²) in [6.07, 6.45) is 6.96. The molecular formula is C35H33Cl2N3OS. The number of halogens is 2. The molecule has 1 aliphatic carbocycles. The van der Waals surface area contributed by atoms with Gasteiger partial charge < -0.3 is 9.88 Å². The molecule has 6 rings (SSSR count). The van der Waals surface area contributed by atoms with Gasteiger partial charge in [0.05, 0.1) is 5.56 Å². The third kappa shape index (κ3) is 6.05. The maximum atomic E-state index is 13.8. The first-order chi connectivity index (χ1) is 20.2. The smallest absolute Gasteiger partial charge is 0.259 e. The van der Waals surface area contributed by atoms with E-state index < -0.39 is 0 Å². The molecule has 2 heterocycles. The molecule has 214 valence electrons. The van der Waals surface area contributed by atoms with Crippen LogP contribution in [-0.4, -0.2) is 16.7 Å². The minimum absolute atomic E-state index is 0.125. The molecule has 1 atom stereocenters. The molecule has 0 saturated carbocycles. The van der Waals surface area contributed by atoms with Gasteiger partial charge >= 0.3 is 0 Å². The van der Waals surface area contributed by atoms with Gasteiger partial charge in [-0.1, -0.05) is 74.3 Å². The number of nitrogens with one attached hydrogen (secondary N) is 1. The second-order valence-corrected chi connectivity index (χ2v) is 14.0. The predicted octanol–water partition coefficient (Wildman–Crippen LogP) is 10.2. The highest BCUT2D eigenvalue weighted by Gasteiger charge is 2.33. The van der Waals surface area contributed by atoms with E-state index in [-0.39, 0.29) is 11.3 Å². The Morgan fingerprint density at radius 3 is 2.60 bits per heavy atom. The van der Waals surface area contributed by atoms with E-state index in [0.29, 0.717) is 28.7 Å². The summed E-state index contributed by atoms with van der Waals surface area (Å²) in [6.45, 7) is 7.62. The second kappa shape index (κ2) is 11.7. The fourth-order valence-corrected chi connectivity index (χ4v) is 7.44. The highest BCUT2D eigenvalue weighted by atomic mass is 35.5. The molecule has 0 bridgehead atoms. The van der Waals surface area contributed by atoms with Crippen LogP contribution in [0.15, 0.2) is 84.0 Å². The molecule has 42 heavy (non-hydrogen) atoms. The van der Waals surface area contributed by atoms with E-state index in [9.17, 15) is 4.79 Å². The van der Waals surface area contributed by atoms with E-state index in [0.717, 1.165) is 56.9 Å². The molecule has 0 radical (unpaired) electrons. The summed E-state index contributed by atoms with van der Waals surface area (Å²) in [5, 5.41) is 6.32. The first kappa shape index (κ1) is 28.7. The standard InChI is InChI=1S/C35H33Cl2N3OS/c1-35(2,3)24-11-16-29-31(18-24)42-34(32(29)33(41)39-27-14-12-25(36)13-15-27)38-19-23-21-40(30-10-5-4-9-28(23)30)20-22-7-6-8-26(37)17-22/h4-10,12-15,17,19,21,24H,11,16,18,20H2,1-3H3,(H,39,41)/t24-/m1/s1. The van der Waals surface area contributed by atoms with E-state index in [1.807, 2.05) is 42.6 Å². The van der Waals surface area contributed by atoms with Crippen molar-refractivity contribution < 1.29 is 4.79 Å². The molecule has 7 heteroatoms. The Kier molecular flexibility index (Phi) is 8.01. The zero-order valence-electron chi connectivity index (χ0n) is 24.0. The fourth-order valence-electron chi connectivity index (χ4n) is 5.83. The number of carbonyl (C=O) groups is 1. The topological polar surface area (TPSA) is 46.4 Å². The molecular weight excluding hydrogens is 581 g/mol. The summed E-state index contributed by atoms with van der Waals surface area (Å²) in [5.74, 6) is 0.441. The van der Waals surface area contributed by atoms with E-state index in [1.54, 1.807) is 23.5 Å². The Hall–Kier alpha value is -3.38. The van der Waals surface area contributed by atoms with Crippen molar-refractivity contribution in [1.29, 1.82) is 0 Å². The number of hydrogen-bond donors (Lipinski definition) is 1. The lowest BCUT2D eigenvalue weighted by atomic mass is 9.72. The minimum atomic E-state index is -0.125. The quantitative estimate of drug-likeness (QED) is 0.190. The van der Waals surface area contributed by atoms with Gasteiger partial charge in [0, 0.05) is 56.0 Å². The number of amides is 1. The van der Waals surface area contributed by atoms with Crippen LogP contribution < -0.4 is 5.32 Å². The maximum Gasteiger partial charge on any atom is 0.259 e. The van der Waals surface area contributed by atoms with E-state index in [2.05, 4.69) is 61.1 Å². The van der Waals surface area contributed by atoms with Crippen molar-refractivity contribution in [2.24, 2.45) is 16.3 Å². The summed E-state index contributed by atoms with van der Waals surface area (Å²) in [4.78, 5) is 20.0. The van der Waals surface area contributed by atoms with Crippen molar-refractivity contribution in [2.75, 3.05) is 5.32 Å². The molecule has 1 N–H and O–H groups in total. The van der Waals surface area contributed by atoms with Gasteiger partial charge in [0.25, 0.3) is 5.91 Å². The number of para-hydroxylation sites is 1. The van der Waals surface area contributed by atoms with Crippen molar-refractivity contribution in [3.8, 4) is 0 Å². The lowest BCUT2D eigenvalue weighted by molar-refractivity contribution is 0.102. The molecule has 0 saturated heterocycles. The number of nitrogens with zero attached hydrogens (tertiary/aromatic N) is 2. The summed E-state index contributed by atoms with van der Waals surface area (Å²) in [6, 6.07) is 23.5. The van der Waals surface area contributed by atoms with E-state index in [1.165, 1.54) is 4.88 Å². The molecule has 3 aromatic carbocycles. The first-order valence-electron chi connectivity index (χ1n) is 14.2. The Morgan fingerprint density at radius 1 is 1.05 bits per heavy atom. The second-order valence-electron chi connectivity index (χ2n) is 12.1. The van der Waals surface area contributed by atoms with Crippen LogP contribution in [0.25, 0.3) is 10.9 Å². The Balaban J connectivity index is 1.37. The van der Waals surface area contributed by atoms with Crippen molar-refractivity contribution in [2.45, 2.75) is 46.6 Å². The van der Waals surface area contributed by atoms with Gasteiger partial charge in [0.1, 0.15) is 5.00 Å². The molecule has 2 aromatic heterocycles. The molecule has 1 amide bonds. The number of fused-ring (bicyclic) bond motifs is 2. The molecule has 1 aliphatic rings. The van der Waals surface area contributed by atoms with Crippen molar-refractivity contribution in [1.82, 2.24) is 4.57 Å². The Morgan fingerprint density at radius 2 is 1.83 bits per heavy atom. The number of benzene rings is 3. The summed E-state index contributed by atoms with van der Waals surface area (Å²) in [7, 11) is 0. The molecule has 0 aliphatic heterocycles. The van der Waals surface area contributed by atoms with Crippen LogP contribution in [0.2, 0.25) is 10.0 Å². The van der Waals surface area contributed by atoms with Crippen LogP contribution in [0.1, 0.15) is 59.1 Å². The zero-order valence-corrected chi connectivity index (χ0v) is 26.3. The predicted molar refractivity (Wildman–Crippen MR) is 178 cm³/mol. The van der Waals surface area contributed by atoms with Crippen LogP contribution in [0, 0.1) is 11.3 Å². The number of aromatic nitrogens is 1. The average molecular weight is 615 g/mol. The van der Waals surface area contributed by atoms with Crippen LogP contribution in [0.3, 0.4) is 0 Å². The van der Waals surface area contributed by atoms with E-state index in [4.69, 9.17) is 28.2 Å². The SMILES string of the molecule is CC(C)(C)[C@@H]1CCc2c(sc(N=Cc3cn(Cc4cccc(Cl)c4)c4ccccc34)c2C(=O)Nc2ccc(Cl)cc2)C1. The van der Waals surface area contributed by atoms with Gasteiger partial charge in [-0.25, -0.2) is 4.99 Å². The van der Waals surface area contributed by atoms with Crippen molar-refractivity contribution >= 4 is 68.3 Å². The van der Waals surface area contributed by atoms with Gasteiger partial charge in [-0.05, 0) is 84.2 Å². The maximum absolute atomic E-state index is 13.8. The van der Waals surface area contributed by atoms with Crippen LogP contribution in [0.5, 0.6) is 0 Å². The number of thiophene rings is 1. The average Bonchev–Trinajstić information content (AvgIpc) is 3.50. The zero-order chi connectivity index (χ0) is 29.4. The number of rotatable bonds is 6. The normalized spacial score (nSPS) is 15.3. The van der Waals surface area contributed by atoms with Crippen LogP contribution in [0.4, 0.5) is 10.7 Å². The summed E-state index contributed by atoms with van der Waals surface area (Å²) >= 11 is 14.0. The number of hydrogen-bond acceptors (Lipinski definition) is 3. The third-order valence-corrected chi connectivity index (χ3v) is 9.83. The lowest BCUT2D eigenvalue weighted by Crippen LogP contribution is -2.27. The summed E-state index contributed by atoms with van der Waals surface area (Å²) < 4.78 is 2.23. The monoisotopic (exact) mass is 613 g/mol. The van der Waals surface area contributed by atoms with Crippen molar-refractivity contribution in [3.63, 3.8) is 0 Å². The van der Waals surface area contributed by atoms with Gasteiger partial charge in [-0.15, -0.1) is 11.3 Å². The fraction of sp³-hybridized carbons (Fsp3) is 0.257. The molecule has 5 aromatic rings. The molecule has 0 spiro atoms. The third-order valence-electron chi connectivity index (χ3n) is 8.18. The Bertz CT molecular complexity index is 1790. The molecule has 0 unspecified atom stereocenters. The Labute approximate surface area is 261 Å². The highest BCUT2D eigenvalue weighted by Crippen LogP contribution is 2.45. The van der Waals surface area contributed by atoms with Gasteiger partial charge in [-0.3, -0.25) is 4.79 Å². The molecule has 4 nitrogen and oxygen atoms in total. The van der Waals surface area contributed by atoms with E-state index >= 15 is 0 Å². The van der Waals surface area contributed by atoms with Crippen LogP contribution >= 0.6 is 34.5 Å². The summed E-state index contributed by atoms with van der Waals surface area (Å²) in [5.41, 5.74) is 6.02.